The third-order valence-corrected chi connectivity index (χ3v) is 7.80. The second-order valence-corrected chi connectivity index (χ2v) is 10.6. The van der Waals surface area contributed by atoms with E-state index in [1.165, 1.54) is 17.0 Å². The average molecular weight is 593 g/mol. The van der Waals surface area contributed by atoms with Gasteiger partial charge in [0.15, 0.2) is 0 Å². The average Bonchev–Trinajstić information content (AvgIpc) is 3.47. The monoisotopic (exact) mass is 592 g/mol. The summed E-state index contributed by atoms with van der Waals surface area (Å²) in [6.07, 6.45) is -3.50. The first-order valence-electron chi connectivity index (χ1n) is 14.0. The number of aliphatic imine (C=N–C) groups is 1. The van der Waals surface area contributed by atoms with Gasteiger partial charge in [-0.15, -0.1) is 0 Å². The van der Waals surface area contributed by atoms with Crippen molar-refractivity contribution >= 4 is 29.2 Å². The van der Waals surface area contributed by atoms with Gasteiger partial charge in [0.05, 0.1) is 29.0 Å². The van der Waals surface area contributed by atoms with Crippen molar-refractivity contribution in [1.29, 1.82) is 0 Å². The Morgan fingerprint density at radius 1 is 0.977 bits per heavy atom. The molecule has 224 valence electrons. The summed E-state index contributed by atoms with van der Waals surface area (Å²) in [5, 5.41) is 5.84. The van der Waals surface area contributed by atoms with Crippen LogP contribution < -0.4 is 15.5 Å². The van der Waals surface area contributed by atoms with Crippen LogP contribution in [0.5, 0.6) is 0 Å². The highest BCUT2D eigenvalue weighted by Gasteiger charge is 2.43. The van der Waals surface area contributed by atoms with Crippen LogP contribution in [0.2, 0.25) is 0 Å². The Bertz CT molecular complexity index is 1520. The molecule has 8 nitrogen and oxygen atoms in total. The number of halogens is 3. The minimum atomic E-state index is -4.51. The molecular weight excluding hydrogens is 561 g/mol. The fraction of sp³-hybridized carbons (Fsp3) is 0.312. The lowest BCUT2D eigenvalue weighted by Crippen LogP contribution is -2.60. The molecule has 0 aromatic heterocycles. The Hall–Kier alpha value is -4.51. The maximum absolute atomic E-state index is 13.8. The van der Waals surface area contributed by atoms with E-state index in [1.54, 1.807) is 31.3 Å². The zero-order valence-corrected chi connectivity index (χ0v) is 23.5. The van der Waals surface area contributed by atoms with Crippen LogP contribution >= 0.6 is 0 Å². The van der Waals surface area contributed by atoms with Gasteiger partial charge in [0.1, 0.15) is 6.61 Å². The molecule has 0 radical (unpaired) electrons. The van der Waals surface area contributed by atoms with Crippen LogP contribution in [0, 0.1) is 0 Å². The van der Waals surface area contributed by atoms with Crippen LogP contribution in [0.4, 0.5) is 18.9 Å². The van der Waals surface area contributed by atoms with E-state index in [1.807, 2.05) is 30.3 Å². The fourth-order valence-corrected chi connectivity index (χ4v) is 5.42. The number of nitrogens with one attached hydrogen (secondary N) is 2. The van der Waals surface area contributed by atoms with Crippen LogP contribution in [-0.4, -0.2) is 48.8 Å². The van der Waals surface area contributed by atoms with Gasteiger partial charge in [0.25, 0.3) is 5.91 Å². The van der Waals surface area contributed by atoms with Crippen molar-refractivity contribution in [2.75, 3.05) is 18.5 Å². The lowest BCUT2D eigenvalue weighted by atomic mass is 9.96. The summed E-state index contributed by atoms with van der Waals surface area (Å²) in [6, 6.07) is 20.6. The maximum Gasteiger partial charge on any atom is 0.416 e. The molecule has 3 aromatic carbocycles. The number of alkyl halides is 3. The van der Waals surface area contributed by atoms with Crippen molar-refractivity contribution < 1.29 is 32.3 Å². The third kappa shape index (κ3) is 6.61. The van der Waals surface area contributed by atoms with Crippen molar-refractivity contribution in [3.05, 3.63) is 101 Å². The van der Waals surface area contributed by atoms with E-state index in [2.05, 4.69) is 15.6 Å². The summed E-state index contributed by atoms with van der Waals surface area (Å²) in [5.41, 5.74) is 0.565. The number of hydrogen-bond donors (Lipinski definition) is 2. The van der Waals surface area contributed by atoms with Gasteiger partial charge in [-0.2, -0.15) is 13.2 Å². The highest BCUT2D eigenvalue weighted by molar-refractivity contribution is 6.20. The molecular formula is C32H31F3N4O4. The molecule has 2 aliphatic rings. The Balaban J connectivity index is 1.38. The Labute approximate surface area is 246 Å². The second-order valence-electron chi connectivity index (χ2n) is 10.6. The normalized spacial score (nSPS) is 18.0. The highest BCUT2D eigenvalue weighted by Crippen LogP contribution is 2.33. The minimum Gasteiger partial charge on any atom is -0.460 e. The minimum absolute atomic E-state index is 0.103. The molecule has 11 heteroatoms. The summed E-state index contributed by atoms with van der Waals surface area (Å²) in [4.78, 5) is 45.8. The van der Waals surface area contributed by atoms with E-state index >= 15 is 0 Å². The number of ether oxygens (including phenoxy) is 1. The molecule has 0 saturated heterocycles. The fourth-order valence-electron chi connectivity index (χ4n) is 5.42. The number of esters is 1. The molecule has 0 spiro atoms. The first-order valence-corrected chi connectivity index (χ1v) is 14.0. The summed E-state index contributed by atoms with van der Waals surface area (Å²) in [7, 11) is 1.55. The number of amides is 2. The zero-order chi connectivity index (χ0) is 30.6. The van der Waals surface area contributed by atoms with Gasteiger partial charge in [-0.25, -0.2) is 4.99 Å². The topological polar surface area (TPSA) is 100 Å². The van der Waals surface area contributed by atoms with E-state index in [0.29, 0.717) is 29.7 Å². The predicted molar refractivity (Wildman–Crippen MR) is 154 cm³/mol. The molecule has 1 atom stereocenters. The standard InChI is InChI=1S/C32H31F3N4O4/c1-39-25-12-6-5-11-24(25)27(22-13-15-23(16-14-22)32(33,34)35)37-28(29(39)41)38-30(42)31(17-7-8-18-31)36-19-26(40)43-20-21-9-3-2-4-10-21/h2-6,9-16,28,36H,7-8,17-20H2,1H3,(H,38,42). The van der Waals surface area contributed by atoms with Crippen LogP contribution in [0.15, 0.2) is 83.9 Å². The third-order valence-electron chi connectivity index (χ3n) is 7.80. The van der Waals surface area contributed by atoms with Crippen LogP contribution in [0.3, 0.4) is 0 Å². The lowest BCUT2D eigenvalue weighted by Gasteiger charge is -2.30. The summed E-state index contributed by atoms with van der Waals surface area (Å²) in [6.45, 7) is -0.101. The van der Waals surface area contributed by atoms with E-state index in [9.17, 15) is 27.6 Å². The van der Waals surface area contributed by atoms with Crippen molar-refractivity contribution in [2.45, 2.75) is 50.2 Å². The van der Waals surface area contributed by atoms with E-state index in [0.717, 1.165) is 30.5 Å². The van der Waals surface area contributed by atoms with Crippen LogP contribution in [-0.2, 0) is 31.9 Å². The van der Waals surface area contributed by atoms with Crippen molar-refractivity contribution in [2.24, 2.45) is 4.99 Å². The quantitative estimate of drug-likeness (QED) is 0.373. The SMILES string of the molecule is CN1C(=O)C(NC(=O)C2(NCC(=O)OCc3ccccc3)CCCC2)N=C(c2ccc(C(F)(F)F)cc2)c2ccccc21. The van der Waals surface area contributed by atoms with Crippen molar-refractivity contribution in [1.82, 2.24) is 10.6 Å². The molecule has 1 unspecified atom stereocenters. The molecule has 1 saturated carbocycles. The zero-order valence-electron chi connectivity index (χ0n) is 23.5. The number of carbonyl (C=O) groups excluding carboxylic acids is 3. The Morgan fingerprint density at radius 2 is 1.63 bits per heavy atom. The molecule has 1 fully saturated rings. The number of hydrogen-bond acceptors (Lipinski definition) is 6. The number of benzodiazepines with no additional fused rings is 1. The first-order chi connectivity index (χ1) is 20.6. The number of anilines is 1. The largest absolute Gasteiger partial charge is 0.460 e. The van der Waals surface area contributed by atoms with Crippen molar-refractivity contribution in [3.63, 3.8) is 0 Å². The molecule has 1 aliphatic heterocycles. The number of fused-ring (bicyclic) bond motifs is 1. The summed E-state index contributed by atoms with van der Waals surface area (Å²) >= 11 is 0. The van der Waals surface area contributed by atoms with E-state index < -0.39 is 41.2 Å². The van der Waals surface area contributed by atoms with Crippen LogP contribution in [0.1, 0.15) is 47.9 Å². The number of rotatable bonds is 8. The molecule has 2 N–H and O–H groups in total. The number of para-hydroxylation sites is 1. The second kappa shape index (κ2) is 12.4. The predicted octanol–water partition coefficient (Wildman–Crippen LogP) is 4.61. The van der Waals surface area contributed by atoms with Gasteiger partial charge in [-0.3, -0.25) is 19.7 Å². The van der Waals surface area contributed by atoms with Gasteiger partial charge in [0, 0.05) is 18.2 Å². The van der Waals surface area contributed by atoms with Crippen molar-refractivity contribution in [3.8, 4) is 0 Å². The molecule has 0 bridgehead atoms. The van der Waals surface area contributed by atoms with Gasteiger partial charge >= 0.3 is 12.1 Å². The molecule has 1 aliphatic carbocycles. The summed E-state index contributed by atoms with van der Waals surface area (Å²) in [5.74, 6) is -1.53. The van der Waals surface area contributed by atoms with Gasteiger partial charge in [0.2, 0.25) is 12.1 Å². The number of likely N-dealkylation sites (N-methyl/N-ethyl adjacent to an activating group) is 1. The highest BCUT2D eigenvalue weighted by atomic mass is 19.4. The van der Waals surface area contributed by atoms with Crippen LogP contribution in [0.25, 0.3) is 0 Å². The number of carbonyl (C=O) groups is 3. The molecule has 1 heterocycles. The van der Waals surface area contributed by atoms with Gasteiger partial charge < -0.3 is 15.0 Å². The molecule has 2 amide bonds. The smallest absolute Gasteiger partial charge is 0.416 e. The van der Waals surface area contributed by atoms with E-state index in [4.69, 9.17) is 4.74 Å². The number of nitrogens with zero attached hydrogens (tertiary/aromatic N) is 2. The Kier molecular flexibility index (Phi) is 8.63. The molecule has 43 heavy (non-hydrogen) atoms. The molecule has 3 aromatic rings. The van der Waals surface area contributed by atoms with Gasteiger partial charge in [-0.05, 0) is 36.6 Å². The lowest BCUT2D eigenvalue weighted by molar-refractivity contribution is -0.144. The first kappa shape index (κ1) is 30.0. The van der Waals surface area contributed by atoms with Gasteiger partial charge in [-0.1, -0.05) is 73.5 Å². The Morgan fingerprint density at radius 3 is 2.30 bits per heavy atom. The number of benzene rings is 3. The van der Waals surface area contributed by atoms with E-state index in [-0.39, 0.29) is 18.9 Å². The summed E-state index contributed by atoms with van der Waals surface area (Å²) < 4.78 is 45.0. The maximum atomic E-state index is 13.8. The molecule has 5 rings (SSSR count).